The largest absolute Gasteiger partial charge is 0.497 e. The first-order valence-electron chi connectivity index (χ1n) is 11.6. The molecule has 1 heterocycles. The predicted octanol–water partition coefficient (Wildman–Crippen LogP) is 3.55. The van der Waals surface area contributed by atoms with Gasteiger partial charge in [0.05, 0.1) is 7.11 Å². The van der Waals surface area contributed by atoms with Crippen LogP contribution >= 0.6 is 0 Å². The topological polar surface area (TPSA) is 70.7 Å². The minimum absolute atomic E-state index is 0.150. The number of methoxy groups -OCH3 is 1. The van der Waals surface area contributed by atoms with Crippen LogP contribution in [0, 0.1) is 12.8 Å². The summed E-state index contributed by atoms with van der Waals surface area (Å²) in [4.78, 5) is 27.1. The molecule has 0 aromatic heterocycles. The summed E-state index contributed by atoms with van der Waals surface area (Å²) in [7, 11) is 1.61. The predicted molar refractivity (Wildman–Crippen MR) is 132 cm³/mol. The molecule has 33 heavy (non-hydrogen) atoms. The van der Waals surface area contributed by atoms with E-state index in [2.05, 4.69) is 46.7 Å². The Morgan fingerprint density at radius 1 is 1.09 bits per heavy atom. The summed E-state index contributed by atoms with van der Waals surface area (Å²) in [5, 5.41) is 5.73. The SMILES string of the molecule is COc1ccc(/C=C/C(=O)NC(C)C(=O)NCC2CCN(Cc3ccc(C)cc3)CC2)cc1. The van der Waals surface area contributed by atoms with E-state index < -0.39 is 6.04 Å². The van der Waals surface area contributed by atoms with Gasteiger partial charge in [-0.05, 0) is 75.0 Å². The highest BCUT2D eigenvalue weighted by Gasteiger charge is 2.21. The Balaban J connectivity index is 1.34. The molecule has 6 heteroatoms. The molecule has 0 spiro atoms. The lowest BCUT2D eigenvalue weighted by molar-refractivity contribution is -0.126. The number of benzene rings is 2. The van der Waals surface area contributed by atoms with Gasteiger partial charge in [-0.15, -0.1) is 0 Å². The zero-order valence-corrected chi connectivity index (χ0v) is 19.8. The Bertz CT molecular complexity index is 930. The van der Waals surface area contributed by atoms with Crippen LogP contribution in [-0.4, -0.2) is 49.5 Å². The van der Waals surface area contributed by atoms with Gasteiger partial charge in [0.1, 0.15) is 11.8 Å². The maximum Gasteiger partial charge on any atom is 0.244 e. The van der Waals surface area contributed by atoms with E-state index in [0.29, 0.717) is 12.5 Å². The van der Waals surface area contributed by atoms with Crippen molar-refractivity contribution in [2.24, 2.45) is 5.92 Å². The van der Waals surface area contributed by atoms with Gasteiger partial charge in [-0.1, -0.05) is 42.0 Å². The van der Waals surface area contributed by atoms with Crippen molar-refractivity contribution in [3.63, 3.8) is 0 Å². The quantitative estimate of drug-likeness (QED) is 0.575. The molecule has 1 fully saturated rings. The third-order valence-electron chi connectivity index (χ3n) is 6.09. The number of ether oxygens (including phenoxy) is 1. The van der Waals surface area contributed by atoms with Crippen LogP contribution in [0.2, 0.25) is 0 Å². The maximum absolute atomic E-state index is 12.4. The highest BCUT2D eigenvalue weighted by atomic mass is 16.5. The molecular weight excluding hydrogens is 414 g/mol. The molecule has 1 saturated heterocycles. The number of aryl methyl sites for hydroxylation is 1. The summed E-state index contributed by atoms with van der Waals surface area (Å²) < 4.78 is 5.12. The van der Waals surface area contributed by atoms with Gasteiger partial charge in [-0.25, -0.2) is 0 Å². The van der Waals surface area contributed by atoms with E-state index in [4.69, 9.17) is 4.74 Å². The van der Waals surface area contributed by atoms with E-state index in [9.17, 15) is 9.59 Å². The highest BCUT2D eigenvalue weighted by Crippen LogP contribution is 2.19. The van der Waals surface area contributed by atoms with E-state index in [1.807, 2.05) is 24.3 Å². The van der Waals surface area contributed by atoms with Crippen molar-refractivity contribution in [1.82, 2.24) is 15.5 Å². The van der Waals surface area contributed by atoms with Crippen LogP contribution in [0.1, 0.15) is 36.5 Å². The Labute approximate surface area is 197 Å². The standard InChI is InChI=1S/C27H35N3O3/c1-20-4-6-24(7-5-20)19-30-16-14-23(15-17-30)18-28-27(32)21(2)29-26(31)13-10-22-8-11-25(33-3)12-9-22/h4-13,21,23H,14-19H2,1-3H3,(H,28,32)(H,29,31)/b13-10+. The van der Waals surface area contributed by atoms with Crippen molar-refractivity contribution in [2.75, 3.05) is 26.7 Å². The van der Waals surface area contributed by atoms with E-state index in [0.717, 1.165) is 43.8 Å². The van der Waals surface area contributed by atoms with Crippen molar-refractivity contribution in [3.05, 3.63) is 71.3 Å². The second-order valence-electron chi connectivity index (χ2n) is 8.79. The summed E-state index contributed by atoms with van der Waals surface area (Å²) in [5.41, 5.74) is 3.52. The first-order valence-corrected chi connectivity index (χ1v) is 11.6. The Kier molecular flexibility index (Phi) is 9.07. The molecule has 1 aliphatic heterocycles. The first-order chi connectivity index (χ1) is 15.9. The van der Waals surface area contributed by atoms with Gasteiger partial charge in [0, 0.05) is 19.2 Å². The highest BCUT2D eigenvalue weighted by molar-refractivity contribution is 5.95. The zero-order valence-electron chi connectivity index (χ0n) is 19.8. The van der Waals surface area contributed by atoms with E-state index in [1.54, 1.807) is 20.1 Å². The lowest BCUT2D eigenvalue weighted by atomic mass is 9.96. The number of carbonyl (C=O) groups excluding carboxylic acids is 2. The summed E-state index contributed by atoms with van der Waals surface area (Å²) in [6.07, 6.45) is 5.29. The average Bonchev–Trinajstić information content (AvgIpc) is 2.83. The second kappa shape index (κ2) is 12.2. The molecule has 1 aliphatic rings. The Morgan fingerprint density at radius 3 is 2.39 bits per heavy atom. The minimum atomic E-state index is -0.584. The number of hydrogen-bond donors (Lipinski definition) is 2. The fraction of sp³-hybridized carbons (Fsp3) is 0.407. The number of piperidine rings is 1. The van der Waals surface area contributed by atoms with E-state index >= 15 is 0 Å². The number of carbonyl (C=O) groups is 2. The average molecular weight is 450 g/mol. The van der Waals surface area contributed by atoms with Crippen molar-refractivity contribution in [1.29, 1.82) is 0 Å². The lowest BCUT2D eigenvalue weighted by Gasteiger charge is -2.32. The van der Waals surface area contributed by atoms with Gasteiger partial charge in [0.2, 0.25) is 11.8 Å². The van der Waals surface area contributed by atoms with Gasteiger partial charge in [-0.3, -0.25) is 14.5 Å². The van der Waals surface area contributed by atoms with Gasteiger partial charge >= 0.3 is 0 Å². The van der Waals surface area contributed by atoms with Crippen LogP contribution in [0.4, 0.5) is 0 Å². The van der Waals surface area contributed by atoms with Crippen molar-refractivity contribution in [2.45, 2.75) is 39.3 Å². The molecule has 2 amide bonds. The number of hydrogen-bond acceptors (Lipinski definition) is 4. The molecule has 1 atom stereocenters. The summed E-state index contributed by atoms with van der Waals surface area (Å²) in [6, 6.07) is 15.5. The minimum Gasteiger partial charge on any atom is -0.497 e. The van der Waals surface area contributed by atoms with Crippen molar-refractivity contribution in [3.8, 4) is 5.75 Å². The molecule has 6 nitrogen and oxygen atoms in total. The molecule has 0 saturated carbocycles. The fourth-order valence-corrected chi connectivity index (χ4v) is 3.91. The second-order valence-corrected chi connectivity index (χ2v) is 8.79. The molecule has 0 bridgehead atoms. The van der Waals surface area contributed by atoms with E-state index in [-0.39, 0.29) is 11.8 Å². The normalized spacial score (nSPS) is 15.8. The monoisotopic (exact) mass is 449 g/mol. The van der Waals surface area contributed by atoms with Crippen LogP contribution in [0.25, 0.3) is 6.08 Å². The van der Waals surface area contributed by atoms with Gasteiger partial charge in [0.25, 0.3) is 0 Å². The molecule has 176 valence electrons. The lowest BCUT2D eigenvalue weighted by Crippen LogP contribution is -2.46. The third-order valence-corrected chi connectivity index (χ3v) is 6.09. The molecule has 2 aromatic carbocycles. The first kappa shape index (κ1) is 24.5. The van der Waals surface area contributed by atoms with Crippen LogP contribution < -0.4 is 15.4 Å². The molecule has 0 radical (unpaired) electrons. The van der Waals surface area contributed by atoms with Gasteiger partial charge in [0.15, 0.2) is 0 Å². The Hall–Kier alpha value is -3.12. The third kappa shape index (κ3) is 8.06. The summed E-state index contributed by atoms with van der Waals surface area (Å²) in [5.74, 6) is 0.793. The fourth-order valence-electron chi connectivity index (χ4n) is 3.91. The van der Waals surface area contributed by atoms with Crippen molar-refractivity contribution >= 4 is 17.9 Å². The van der Waals surface area contributed by atoms with Gasteiger partial charge in [-0.2, -0.15) is 0 Å². The number of nitrogens with zero attached hydrogens (tertiary/aromatic N) is 1. The zero-order chi connectivity index (χ0) is 23.6. The molecule has 2 aromatic rings. The number of nitrogens with one attached hydrogen (secondary N) is 2. The van der Waals surface area contributed by atoms with Gasteiger partial charge < -0.3 is 15.4 Å². The Morgan fingerprint density at radius 2 is 1.76 bits per heavy atom. The van der Waals surface area contributed by atoms with E-state index in [1.165, 1.54) is 17.2 Å². The smallest absolute Gasteiger partial charge is 0.244 e. The molecule has 2 N–H and O–H groups in total. The summed E-state index contributed by atoms with van der Waals surface area (Å²) in [6.45, 7) is 7.52. The molecule has 3 rings (SSSR count). The molecule has 1 unspecified atom stereocenters. The van der Waals surface area contributed by atoms with Crippen LogP contribution in [0.5, 0.6) is 5.75 Å². The number of amides is 2. The van der Waals surface area contributed by atoms with Crippen LogP contribution in [-0.2, 0) is 16.1 Å². The number of likely N-dealkylation sites (tertiary alicyclic amines) is 1. The van der Waals surface area contributed by atoms with Crippen LogP contribution in [0.15, 0.2) is 54.6 Å². The summed E-state index contributed by atoms with van der Waals surface area (Å²) >= 11 is 0. The van der Waals surface area contributed by atoms with Crippen molar-refractivity contribution < 1.29 is 14.3 Å². The molecule has 0 aliphatic carbocycles. The number of rotatable bonds is 9. The maximum atomic E-state index is 12.4. The van der Waals surface area contributed by atoms with Crippen LogP contribution in [0.3, 0.4) is 0 Å². The molecular formula is C27H35N3O3.